The zero-order valence-corrected chi connectivity index (χ0v) is 13.4. The van der Waals surface area contributed by atoms with E-state index in [4.69, 9.17) is 12.2 Å². The van der Waals surface area contributed by atoms with Crippen molar-refractivity contribution >= 4 is 39.6 Å². The molecule has 0 unspecified atom stereocenters. The molecule has 20 heavy (non-hydrogen) atoms. The molecule has 2 N–H and O–H groups in total. The SMILES string of the molecule is CC(C)(C)C(=O)NC(=S)Nc1sc2c(c1C#N)CCC2. The fraction of sp³-hybridized carbons (Fsp3) is 0.500. The van der Waals surface area contributed by atoms with Crippen molar-refractivity contribution in [2.75, 3.05) is 5.32 Å². The first kappa shape index (κ1) is 14.9. The summed E-state index contributed by atoms with van der Waals surface area (Å²) in [6.07, 6.45) is 3.09. The highest BCUT2D eigenvalue weighted by Gasteiger charge is 2.25. The van der Waals surface area contributed by atoms with Crippen molar-refractivity contribution < 1.29 is 4.79 Å². The Morgan fingerprint density at radius 3 is 2.70 bits per heavy atom. The molecular weight excluding hydrogens is 290 g/mol. The first-order valence-corrected chi connectivity index (χ1v) is 7.72. The van der Waals surface area contributed by atoms with Crippen LogP contribution in [0.2, 0.25) is 0 Å². The molecular formula is C14H17N3OS2. The van der Waals surface area contributed by atoms with Gasteiger partial charge < -0.3 is 10.6 Å². The van der Waals surface area contributed by atoms with Gasteiger partial charge in [-0.1, -0.05) is 20.8 Å². The van der Waals surface area contributed by atoms with Crippen molar-refractivity contribution in [2.24, 2.45) is 5.41 Å². The Morgan fingerprint density at radius 2 is 2.10 bits per heavy atom. The van der Waals surface area contributed by atoms with Crippen molar-refractivity contribution in [1.82, 2.24) is 5.32 Å². The smallest absolute Gasteiger partial charge is 0.231 e. The van der Waals surface area contributed by atoms with E-state index in [-0.39, 0.29) is 11.0 Å². The normalized spacial score (nSPS) is 13.5. The van der Waals surface area contributed by atoms with E-state index in [9.17, 15) is 10.1 Å². The second-order valence-electron chi connectivity index (χ2n) is 5.83. The van der Waals surface area contributed by atoms with Crippen molar-refractivity contribution in [1.29, 1.82) is 5.26 Å². The first-order chi connectivity index (χ1) is 9.32. The van der Waals surface area contributed by atoms with Crippen molar-refractivity contribution in [2.45, 2.75) is 40.0 Å². The van der Waals surface area contributed by atoms with Crippen LogP contribution in [-0.2, 0) is 17.6 Å². The Labute approximate surface area is 128 Å². The largest absolute Gasteiger partial charge is 0.323 e. The average Bonchev–Trinajstić information content (AvgIpc) is 2.87. The maximum absolute atomic E-state index is 11.9. The average molecular weight is 307 g/mol. The van der Waals surface area contributed by atoms with E-state index in [1.54, 1.807) is 11.3 Å². The van der Waals surface area contributed by atoms with Gasteiger partial charge in [-0.25, -0.2) is 0 Å². The number of nitrogens with zero attached hydrogens (tertiary/aromatic N) is 1. The molecule has 1 aliphatic carbocycles. The molecule has 0 aliphatic heterocycles. The van der Waals surface area contributed by atoms with Crippen molar-refractivity contribution in [3.8, 4) is 6.07 Å². The molecule has 6 heteroatoms. The molecule has 1 heterocycles. The van der Waals surface area contributed by atoms with Gasteiger partial charge in [0.2, 0.25) is 5.91 Å². The molecule has 1 aromatic heterocycles. The molecule has 1 amide bonds. The lowest BCUT2D eigenvalue weighted by Crippen LogP contribution is -2.41. The maximum Gasteiger partial charge on any atom is 0.231 e. The summed E-state index contributed by atoms with van der Waals surface area (Å²) in [6, 6.07) is 2.24. The van der Waals surface area contributed by atoms with E-state index in [1.165, 1.54) is 4.88 Å². The zero-order valence-electron chi connectivity index (χ0n) is 11.8. The molecule has 106 valence electrons. The lowest BCUT2D eigenvalue weighted by atomic mass is 9.96. The number of anilines is 1. The van der Waals surface area contributed by atoms with Crippen molar-refractivity contribution in [3.05, 3.63) is 16.0 Å². The van der Waals surface area contributed by atoms with Crippen LogP contribution >= 0.6 is 23.6 Å². The zero-order chi connectivity index (χ0) is 14.9. The van der Waals surface area contributed by atoms with Crippen LogP contribution in [0.5, 0.6) is 0 Å². The molecule has 0 aromatic carbocycles. The minimum absolute atomic E-state index is 0.141. The third-order valence-electron chi connectivity index (χ3n) is 3.17. The Bertz CT molecular complexity index is 605. The first-order valence-electron chi connectivity index (χ1n) is 6.50. The molecule has 0 saturated heterocycles. The van der Waals surface area contributed by atoms with Crippen LogP contribution in [0.25, 0.3) is 0 Å². The van der Waals surface area contributed by atoms with Gasteiger partial charge in [0.25, 0.3) is 0 Å². The monoisotopic (exact) mass is 307 g/mol. The summed E-state index contributed by atoms with van der Waals surface area (Å²) in [5, 5.41) is 15.9. The molecule has 0 spiro atoms. The van der Waals surface area contributed by atoms with Gasteiger partial charge in [0.05, 0.1) is 5.56 Å². The van der Waals surface area contributed by atoms with E-state index < -0.39 is 5.41 Å². The number of carbonyl (C=O) groups is 1. The van der Waals surface area contributed by atoms with Gasteiger partial charge in [-0.05, 0) is 37.0 Å². The van der Waals surface area contributed by atoms with Crippen LogP contribution in [0.4, 0.5) is 5.00 Å². The molecule has 4 nitrogen and oxygen atoms in total. The Balaban J connectivity index is 2.10. The third kappa shape index (κ3) is 3.00. The number of thiocarbonyl (C=S) groups is 1. The quantitative estimate of drug-likeness (QED) is 0.783. The topological polar surface area (TPSA) is 64.9 Å². The molecule has 2 rings (SSSR count). The summed E-state index contributed by atoms with van der Waals surface area (Å²) < 4.78 is 0. The van der Waals surface area contributed by atoms with E-state index in [1.807, 2.05) is 20.8 Å². The van der Waals surface area contributed by atoms with Crippen LogP contribution in [0, 0.1) is 16.7 Å². The van der Waals surface area contributed by atoms with Crippen molar-refractivity contribution in [3.63, 3.8) is 0 Å². The molecule has 0 atom stereocenters. The number of nitriles is 1. The number of fused-ring (bicyclic) bond motifs is 1. The summed E-state index contributed by atoms with van der Waals surface area (Å²) in [4.78, 5) is 13.1. The fourth-order valence-corrected chi connectivity index (χ4v) is 3.54. The lowest BCUT2D eigenvalue weighted by Gasteiger charge is -2.18. The molecule has 0 saturated carbocycles. The van der Waals surface area contributed by atoms with Gasteiger partial charge in [-0.15, -0.1) is 11.3 Å². The van der Waals surface area contributed by atoms with Crippen LogP contribution < -0.4 is 10.6 Å². The van der Waals surface area contributed by atoms with Gasteiger partial charge in [-0.2, -0.15) is 5.26 Å². The summed E-state index contributed by atoms with van der Waals surface area (Å²) in [6.45, 7) is 5.47. The lowest BCUT2D eigenvalue weighted by molar-refractivity contribution is -0.126. The van der Waals surface area contributed by atoms with Gasteiger partial charge in [0.1, 0.15) is 11.1 Å². The highest BCUT2D eigenvalue weighted by atomic mass is 32.1. The number of hydrogen-bond acceptors (Lipinski definition) is 4. The Morgan fingerprint density at radius 1 is 1.40 bits per heavy atom. The van der Waals surface area contributed by atoms with Crippen LogP contribution in [0.3, 0.4) is 0 Å². The summed E-state index contributed by atoms with van der Waals surface area (Å²) in [5.41, 5.74) is 1.32. The molecule has 0 radical (unpaired) electrons. The highest BCUT2D eigenvalue weighted by Crippen LogP contribution is 2.38. The molecule has 1 aromatic rings. The summed E-state index contributed by atoms with van der Waals surface area (Å²) >= 11 is 6.71. The summed E-state index contributed by atoms with van der Waals surface area (Å²) in [7, 11) is 0. The fourth-order valence-electron chi connectivity index (χ4n) is 2.04. The van der Waals surface area contributed by atoms with Gasteiger partial charge in [0.15, 0.2) is 5.11 Å². The maximum atomic E-state index is 11.9. The van der Waals surface area contributed by atoms with E-state index in [0.717, 1.165) is 29.8 Å². The Kier molecular flexibility index (Phi) is 4.11. The number of rotatable bonds is 1. The van der Waals surface area contributed by atoms with E-state index in [2.05, 4.69) is 16.7 Å². The number of hydrogen-bond donors (Lipinski definition) is 2. The number of carbonyl (C=O) groups excluding carboxylic acids is 1. The van der Waals surface area contributed by atoms with E-state index >= 15 is 0 Å². The van der Waals surface area contributed by atoms with Crippen LogP contribution in [0.1, 0.15) is 43.2 Å². The van der Waals surface area contributed by atoms with Gasteiger partial charge in [-0.3, -0.25) is 4.79 Å². The number of aryl methyl sites for hydroxylation is 1. The second kappa shape index (κ2) is 5.51. The number of amides is 1. The minimum Gasteiger partial charge on any atom is -0.323 e. The van der Waals surface area contributed by atoms with E-state index in [0.29, 0.717) is 5.56 Å². The molecule has 0 fully saturated rings. The van der Waals surface area contributed by atoms with Crippen LogP contribution in [-0.4, -0.2) is 11.0 Å². The Hall–Kier alpha value is -1.45. The number of thiophene rings is 1. The third-order valence-corrected chi connectivity index (χ3v) is 4.58. The number of nitrogens with one attached hydrogen (secondary N) is 2. The predicted molar refractivity (Wildman–Crippen MR) is 84.9 cm³/mol. The predicted octanol–water partition coefficient (Wildman–Crippen LogP) is 2.97. The van der Waals surface area contributed by atoms with Crippen LogP contribution in [0.15, 0.2) is 0 Å². The molecule has 1 aliphatic rings. The second-order valence-corrected chi connectivity index (χ2v) is 7.34. The van der Waals surface area contributed by atoms with Gasteiger partial charge in [0, 0.05) is 10.3 Å². The molecule has 0 bridgehead atoms. The highest BCUT2D eigenvalue weighted by molar-refractivity contribution is 7.80. The van der Waals surface area contributed by atoms with Gasteiger partial charge >= 0.3 is 0 Å². The minimum atomic E-state index is -0.499. The summed E-state index contributed by atoms with van der Waals surface area (Å²) in [5.74, 6) is -0.141. The standard InChI is InChI=1S/C14H17N3OS2/c1-14(2,3)12(18)17-13(19)16-11-9(7-15)8-5-4-6-10(8)20-11/h4-6H2,1-3H3,(H2,16,17,18,19).